The van der Waals surface area contributed by atoms with Gasteiger partial charge in [-0.2, -0.15) is 0 Å². The highest BCUT2D eigenvalue weighted by Gasteiger charge is 2.50. The summed E-state index contributed by atoms with van der Waals surface area (Å²) in [5.41, 5.74) is 24.5. The van der Waals surface area contributed by atoms with Gasteiger partial charge in [0, 0.05) is 44.7 Å². The average molecular weight is 965 g/mol. The van der Waals surface area contributed by atoms with Crippen molar-refractivity contribution in [3.05, 3.63) is 197 Å². The molecule has 5 aliphatic rings. The highest BCUT2D eigenvalue weighted by molar-refractivity contribution is 7.99. The zero-order chi connectivity index (χ0) is 50.1. The van der Waals surface area contributed by atoms with Crippen molar-refractivity contribution in [2.75, 3.05) is 9.71 Å². The quantitative estimate of drug-likeness (QED) is 0.164. The van der Waals surface area contributed by atoms with Crippen molar-refractivity contribution in [2.24, 2.45) is 0 Å². The van der Waals surface area contributed by atoms with Crippen molar-refractivity contribution in [3.63, 3.8) is 0 Å². The number of aryl methyl sites for hydroxylation is 1. The predicted molar refractivity (Wildman–Crippen MR) is 310 cm³/mol. The van der Waals surface area contributed by atoms with Gasteiger partial charge in [0.2, 0.25) is 0 Å². The first-order valence-electron chi connectivity index (χ1n) is 26.4. The van der Waals surface area contributed by atoms with Gasteiger partial charge in [-0.05, 0) is 163 Å². The van der Waals surface area contributed by atoms with Crippen LogP contribution in [0.25, 0.3) is 44.2 Å². The van der Waals surface area contributed by atoms with Gasteiger partial charge in [0.1, 0.15) is 11.5 Å². The van der Waals surface area contributed by atoms with E-state index in [0.717, 1.165) is 27.7 Å². The van der Waals surface area contributed by atoms with Crippen LogP contribution in [0.2, 0.25) is 0 Å². The molecule has 5 heteroatoms. The number of anilines is 5. The van der Waals surface area contributed by atoms with Crippen molar-refractivity contribution < 1.29 is 4.74 Å². The molecule has 3 aliphatic heterocycles. The second kappa shape index (κ2) is 15.3. The van der Waals surface area contributed by atoms with Gasteiger partial charge < -0.3 is 14.4 Å². The molecule has 358 valence electrons. The number of fused-ring (bicyclic) bond motifs is 13. The lowest BCUT2D eigenvalue weighted by molar-refractivity contribution is 0.332. The molecule has 0 fully saturated rings. The fraction of sp³-hybridized carbons (Fsp3) is 0.235. The number of benzene rings is 9. The Labute approximate surface area is 436 Å². The van der Waals surface area contributed by atoms with Gasteiger partial charge in [0.05, 0.1) is 15.5 Å². The van der Waals surface area contributed by atoms with E-state index in [1.807, 2.05) is 11.8 Å². The maximum atomic E-state index is 7.05. The maximum absolute atomic E-state index is 7.05. The Morgan fingerprint density at radius 1 is 0.534 bits per heavy atom. The molecular formula is C68H61BN2OS. The van der Waals surface area contributed by atoms with Gasteiger partial charge in [0.15, 0.2) is 0 Å². The van der Waals surface area contributed by atoms with Gasteiger partial charge in [-0.15, -0.1) is 0 Å². The summed E-state index contributed by atoms with van der Waals surface area (Å²) in [7, 11) is 0. The summed E-state index contributed by atoms with van der Waals surface area (Å²) in [6.45, 7) is 23.8. The summed E-state index contributed by atoms with van der Waals surface area (Å²) in [6.07, 6.45) is 2.31. The fourth-order valence-corrected chi connectivity index (χ4v) is 14.5. The molecule has 0 amide bonds. The SMILES string of the molecule is Cc1cc2c(cc1N1c3cc4c(cc3B3c5c(cc6ccccc6c51)-c1c(ccc5c1-c1ccccc1C5(C)C)N3c1ccc(C(C)(C)C)cc1-c1ccccc1)Oc1ccccc1S4)C(C)(C)CCC2(C)C. The molecule has 0 spiro atoms. The number of ether oxygens (including phenoxy) is 1. The van der Waals surface area contributed by atoms with Crippen LogP contribution in [0.4, 0.5) is 28.4 Å². The molecule has 0 aromatic heterocycles. The molecule has 0 saturated heterocycles. The Balaban J connectivity index is 1.17. The Bertz CT molecular complexity index is 3860. The lowest BCUT2D eigenvalue weighted by Crippen LogP contribution is -2.62. The number of nitrogens with zero attached hydrogens (tertiary/aromatic N) is 2. The van der Waals surface area contributed by atoms with Crippen molar-refractivity contribution in [3.8, 4) is 44.9 Å². The van der Waals surface area contributed by atoms with Gasteiger partial charge in [-0.3, -0.25) is 0 Å². The van der Waals surface area contributed by atoms with Crippen LogP contribution in [-0.4, -0.2) is 6.85 Å². The predicted octanol–water partition coefficient (Wildman–Crippen LogP) is 17.7. The third-order valence-corrected chi connectivity index (χ3v) is 18.7. The molecule has 9 aromatic rings. The summed E-state index contributed by atoms with van der Waals surface area (Å²) in [5, 5.41) is 2.50. The monoisotopic (exact) mass is 964 g/mol. The molecule has 0 atom stereocenters. The second-order valence-corrected chi connectivity index (χ2v) is 25.5. The minimum absolute atomic E-state index is 0.0133. The third kappa shape index (κ3) is 6.40. The van der Waals surface area contributed by atoms with Gasteiger partial charge in [0.25, 0.3) is 0 Å². The molecule has 9 aromatic carbocycles. The van der Waals surface area contributed by atoms with E-state index < -0.39 is 0 Å². The number of hydrogen-bond acceptors (Lipinski definition) is 4. The Morgan fingerprint density at radius 2 is 1.23 bits per heavy atom. The normalized spacial score (nSPS) is 16.8. The molecule has 3 nitrogen and oxygen atoms in total. The van der Waals surface area contributed by atoms with Gasteiger partial charge in [-0.25, -0.2) is 0 Å². The van der Waals surface area contributed by atoms with E-state index >= 15 is 0 Å². The van der Waals surface area contributed by atoms with Gasteiger partial charge in [-0.1, -0.05) is 183 Å². The highest BCUT2D eigenvalue weighted by atomic mass is 32.2. The van der Waals surface area contributed by atoms with E-state index in [1.165, 1.54) is 123 Å². The third-order valence-electron chi connectivity index (χ3n) is 17.6. The smallest absolute Gasteiger partial charge is 0.333 e. The first-order valence-corrected chi connectivity index (χ1v) is 27.2. The summed E-state index contributed by atoms with van der Waals surface area (Å²) >= 11 is 1.82. The summed E-state index contributed by atoms with van der Waals surface area (Å²) in [5.74, 6) is 1.81. The zero-order valence-electron chi connectivity index (χ0n) is 43.8. The molecule has 0 radical (unpaired) electrons. The second-order valence-electron chi connectivity index (χ2n) is 24.4. The first-order chi connectivity index (χ1) is 35.0. The highest BCUT2D eigenvalue weighted by Crippen LogP contribution is 2.60. The van der Waals surface area contributed by atoms with Crippen LogP contribution >= 0.6 is 11.8 Å². The Hall–Kier alpha value is -6.95. The first kappa shape index (κ1) is 44.7. The van der Waals surface area contributed by atoms with Crippen molar-refractivity contribution in [1.82, 2.24) is 0 Å². The standard InChI is InChI=1S/C68H61BN2OS/c1-40-34-50-51(67(7,8)33-32-66(50,5)6)37-55(40)70-56-39-60-58(72-57-26-18-19-27-59(57)73-60)38-52(56)69-63-47(35-42-22-14-15-23-44(42)64(63)70)62-54(31-29-49-61(62)45-24-16-17-25-48(45)68(49,9)10)71(69)53-30-28-43(65(2,3)4)36-46(53)41-20-12-11-13-21-41/h11-31,34-39H,32-33H2,1-10H3. The molecule has 0 bridgehead atoms. The van der Waals surface area contributed by atoms with E-state index in [-0.39, 0.29) is 28.5 Å². The molecule has 0 saturated carbocycles. The van der Waals surface area contributed by atoms with E-state index in [4.69, 9.17) is 4.74 Å². The number of rotatable bonds is 3. The lowest BCUT2D eigenvalue weighted by Gasteiger charge is -2.48. The van der Waals surface area contributed by atoms with Crippen LogP contribution < -0.4 is 25.4 Å². The Kier molecular flexibility index (Phi) is 9.38. The molecule has 14 rings (SSSR count). The number of hydrogen-bond donors (Lipinski definition) is 0. The van der Waals surface area contributed by atoms with Crippen LogP contribution in [0.1, 0.15) is 109 Å². The summed E-state index contributed by atoms with van der Waals surface area (Å²) < 4.78 is 7.05. The Morgan fingerprint density at radius 3 is 2.03 bits per heavy atom. The average Bonchev–Trinajstić information content (AvgIpc) is 3.63. The maximum Gasteiger partial charge on any atom is 0.333 e. The molecule has 3 heterocycles. The summed E-state index contributed by atoms with van der Waals surface area (Å²) in [4.78, 5) is 7.71. The summed E-state index contributed by atoms with van der Waals surface area (Å²) in [6, 6.07) is 62.8. The van der Waals surface area contributed by atoms with Crippen molar-refractivity contribution in [2.45, 2.75) is 114 Å². The molecular weight excluding hydrogens is 904 g/mol. The van der Waals surface area contributed by atoms with Crippen LogP contribution in [0.3, 0.4) is 0 Å². The van der Waals surface area contributed by atoms with Crippen LogP contribution in [0.5, 0.6) is 11.5 Å². The molecule has 73 heavy (non-hydrogen) atoms. The van der Waals surface area contributed by atoms with Gasteiger partial charge >= 0.3 is 6.85 Å². The fourth-order valence-electron chi connectivity index (χ4n) is 13.5. The van der Waals surface area contributed by atoms with E-state index in [1.54, 1.807) is 0 Å². The van der Waals surface area contributed by atoms with E-state index in [0.29, 0.717) is 0 Å². The van der Waals surface area contributed by atoms with E-state index in [9.17, 15) is 0 Å². The van der Waals surface area contributed by atoms with E-state index in [2.05, 4.69) is 243 Å². The molecule has 0 unspecified atom stereocenters. The molecule has 0 N–H and O–H groups in total. The van der Waals surface area contributed by atoms with Crippen molar-refractivity contribution >= 4 is 68.7 Å². The van der Waals surface area contributed by atoms with Crippen LogP contribution in [0, 0.1) is 6.92 Å². The molecule has 2 aliphatic carbocycles. The minimum Gasteiger partial charge on any atom is -0.455 e. The van der Waals surface area contributed by atoms with Crippen molar-refractivity contribution in [1.29, 1.82) is 0 Å². The number of para-hydroxylation sites is 1. The lowest BCUT2D eigenvalue weighted by atomic mass is 9.43. The van der Waals surface area contributed by atoms with Crippen LogP contribution in [-0.2, 0) is 21.7 Å². The van der Waals surface area contributed by atoms with Crippen LogP contribution in [0.15, 0.2) is 174 Å². The zero-order valence-corrected chi connectivity index (χ0v) is 44.6. The minimum atomic E-state index is -0.233. The topological polar surface area (TPSA) is 15.7 Å². The largest absolute Gasteiger partial charge is 0.455 e.